The molecule has 2 heterocycles. The predicted molar refractivity (Wildman–Crippen MR) is 114 cm³/mol. The number of aromatic nitrogens is 4. The van der Waals surface area contributed by atoms with E-state index in [4.69, 9.17) is 0 Å². The Hall–Kier alpha value is -3.58. The van der Waals surface area contributed by atoms with E-state index in [1.165, 1.54) is 11.3 Å². The third-order valence-electron chi connectivity index (χ3n) is 4.83. The first-order chi connectivity index (χ1) is 14.2. The number of benzene rings is 3. The number of nitrogens with zero attached hydrogens (tertiary/aromatic N) is 4. The van der Waals surface area contributed by atoms with Crippen molar-refractivity contribution in [3.63, 3.8) is 0 Å². The Kier molecular flexibility index (Phi) is 4.29. The maximum Gasteiger partial charge on any atom is 0.252 e. The Morgan fingerprint density at radius 3 is 2.62 bits per heavy atom. The van der Waals surface area contributed by atoms with Crippen LogP contribution in [0.1, 0.15) is 21.7 Å². The van der Waals surface area contributed by atoms with Gasteiger partial charge in [-0.3, -0.25) is 4.79 Å². The molecule has 7 heteroatoms. The maximum atomic E-state index is 12.7. The summed E-state index contributed by atoms with van der Waals surface area (Å²) in [6.45, 7) is 2.35. The largest absolute Gasteiger partial charge is 0.348 e. The average molecular weight is 399 g/mol. The quantitative estimate of drug-likeness (QED) is 0.491. The summed E-state index contributed by atoms with van der Waals surface area (Å²) in [5.74, 6) is 0.699. The lowest BCUT2D eigenvalue weighted by Crippen LogP contribution is -2.22. The third-order valence-corrected chi connectivity index (χ3v) is 5.78. The molecular formula is C22H17N5OS. The Labute approximate surface area is 170 Å². The van der Waals surface area contributed by atoms with Gasteiger partial charge >= 0.3 is 0 Å². The van der Waals surface area contributed by atoms with Crippen LogP contribution in [0.5, 0.6) is 0 Å². The normalized spacial score (nSPS) is 11.2. The van der Waals surface area contributed by atoms with E-state index >= 15 is 0 Å². The van der Waals surface area contributed by atoms with Gasteiger partial charge in [0.1, 0.15) is 5.01 Å². The van der Waals surface area contributed by atoms with Crippen LogP contribution < -0.4 is 5.32 Å². The van der Waals surface area contributed by atoms with E-state index in [9.17, 15) is 4.79 Å². The molecule has 0 aliphatic carbocycles. The van der Waals surface area contributed by atoms with Gasteiger partial charge in [0.15, 0.2) is 5.82 Å². The van der Waals surface area contributed by atoms with Gasteiger partial charge in [-0.05, 0) is 29.3 Å². The topological polar surface area (TPSA) is 72.2 Å². The smallest absolute Gasteiger partial charge is 0.252 e. The number of amides is 1. The van der Waals surface area contributed by atoms with Crippen molar-refractivity contribution in [3.05, 3.63) is 83.7 Å². The number of fused-ring (bicyclic) bond motifs is 2. The highest BCUT2D eigenvalue weighted by molar-refractivity contribution is 7.19. The lowest BCUT2D eigenvalue weighted by Gasteiger charge is -2.08. The molecule has 0 bridgehead atoms. The highest BCUT2D eigenvalue weighted by Crippen LogP contribution is 2.25. The van der Waals surface area contributed by atoms with E-state index < -0.39 is 0 Å². The Morgan fingerprint density at radius 2 is 1.79 bits per heavy atom. The zero-order valence-corrected chi connectivity index (χ0v) is 16.5. The molecule has 0 unspecified atom stereocenters. The molecule has 5 rings (SSSR count). The van der Waals surface area contributed by atoms with Gasteiger partial charge in [0.2, 0.25) is 4.96 Å². The molecule has 29 heavy (non-hydrogen) atoms. The van der Waals surface area contributed by atoms with Crippen LogP contribution in [-0.4, -0.2) is 25.7 Å². The highest BCUT2D eigenvalue weighted by Gasteiger charge is 2.11. The van der Waals surface area contributed by atoms with Crippen LogP contribution in [0.25, 0.3) is 26.3 Å². The van der Waals surface area contributed by atoms with Crippen molar-refractivity contribution in [2.24, 2.45) is 0 Å². The summed E-state index contributed by atoms with van der Waals surface area (Å²) >= 11 is 1.50. The Balaban J connectivity index is 1.31. The first-order valence-electron chi connectivity index (χ1n) is 9.23. The summed E-state index contributed by atoms with van der Waals surface area (Å²) in [7, 11) is 0. The average Bonchev–Trinajstić information content (AvgIpc) is 3.34. The molecule has 5 aromatic rings. The molecule has 1 N–H and O–H groups in total. The van der Waals surface area contributed by atoms with Gasteiger partial charge in [0, 0.05) is 17.7 Å². The van der Waals surface area contributed by atoms with E-state index in [0.717, 1.165) is 37.7 Å². The Morgan fingerprint density at radius 1 is 1.00 bits per heavy atom. The zero-order chi connectivity index (χ0) is 19.8. The molecule has 0 aliphatic heterocycles. The minimum atomic E-state index is -0.0741. The number of carbonyl (C=O) groups excluding carboxylic acids is 1. The molecule has 0 spiro atoms. The van der Waals surface area contributed by atoms with E-state index in [1.54, 1.807) is 4.52 Å². The summed E-state index contributed by atoms with van der Waals surface area (Å²) in [6, 6.07) is 21.7. The molecule has 0 atom stereocenters. The van der Waals surface area contributed by atoms with Gasteiger partial charge in [-0.25, -0.2) is 0 Å². The lowest BCUT2D eigenvalue weighted by molar-refractivity contribution is 0.0952. The van der Waals surface area contributed by atoms with Crippen molar-refractivity contribution in [3.8, 4) is 10.6 Å². The molecule has 0 aliphatic rings. The number of nitrogens with one attached hydrogen (secondary N) is 1. The fraction of sp³-hybridized carbons (Fsp3) is 0.0909. The van der Waals surface area contributed by atoms with E-state index in [1.807, 2.05) is 73.7 Å². The van der Waals surface area contributed by atoms with Crippen molar-refractivity contribution in [1.29, 1.82) is 0 Å². The predicted octanol–water partition coefficient (Wildman–Crippen LogP) is 4.24. The fourth-order valence-electron chi connectivity index (χ4n) is 3.30. The zero-order valence-electron chi connectivity index (χ0n) is 15.7. The number of hydrogen-bond acceptors (Lipinski definition) is 5. The summed E-state index contributed by atoms with van der Waals surface area (Å²) < 4.78 is 1.75. The van der Waals surface area contributed by atoms with Crippen molar-refractivity contribution < 1.29 is 4.79 Å². The molecule has 0 saturated heterocycles. The maximum absolute atomic E-state index is 12.7. The van der Waals surface area contributed by atoms with Gasteiger partial charge in [0.05, 0.1) is 0 Å². The molecule has 0 fully saturated rings. The molecule has 1 amide bonds. The first-order valence-corrected chi connectivity index (χ1v) is 10.0. The van der Waals surface area contributed by atoms with E-state index in [2.05, 4.69) is 20.6 Å². The summed E-state index contributed by atoms with van der Waals surface area (Å²) in [5, 5.41) is 18.6. The molecule has 3 aromatic carbocycles. The van der Waals surface area contributed by atoms with Crippen LogP contribution in [0.15, 0.2) is 66.7 Å². The summed E-state index contributed by atoms with van der Waals surface area (Å²) in [6.07, 6.45) is 0. The SMILES string of the molecule is Cc1nnc2sc(-c3ccc(CNC(=O)c4cccc5ccccc45)cc3)nn12. The third kappa shape index (κ3) is 3.25. The van der Waals surface area contributed by atoms with Crippen LogP contribution in [0.2, 0.25) is 0 Å². The lowest BCUT2D eigenvalue weighted by atomic mass is 10.0. The number of hydrogen-bond donors (Lipinski definition) is 1. The van der Waals surface area contributed by atoms with Gasteiger partial charge in [-0.1, -0.05) is 72.0 Å². The molecule has 2 aromatic heterocycles. The summed E-state index contributed by atoms with van der Waals surface area (Å²) in [4.78, 5) is 13.5. The van der Waals surface area contributed by atoms with Crippen LogP contribution in [0.3, 0.4) is 0 Å². The minimum Gasteiger partial charge on any atom is -0.348 e. The van der Waals surface area contributed by atoms with Gasteiger partial charge < -0.3 is 5.32 Å². The van der Waals surface area contributed by atoms with Gasteiger partial charge in [-0.2, -0.15) is 9.61 Å². The summed E-state index contributed by atoms with van der Waals surface area (Å²) in [5.41, 5.74) is 2.74. The number of aryl methyl sites for hydroxylation is 1. The second kappa shape index (κ2) is 7.10. The number of carbonyl (C=O) groups is 1. The van der Waals surface area contributed by atoms with Crippen LogP contribution in [-0.2, 0) is 6.54 Å². The second-order valence-corrected chi connectivity index (χ2v) is 7.71. The first kappa shape index (κ1) is 17.5. The highest BCUT2D eigenvalue weighted by atomic mass is 32.1. The molecule has 0 saturated carbocycles. The molecule has 142 valence electrons. The van der Waals surface area contributed by atoms with Crippen molar-refractivity contribution in [1.82, 2.24) is 25.1 Å². The number of rotatable bonds is 4. The monoisotopic (exact) mass is 399 g/mol. The fourth-order valence-corrected chi connectivity index (χ4v) is 4.19. The van der Waals surface area contributed by atoms with Crippen LogP contribution >= 0.6 is 11.3 Å². The van der Waals surface area contributed by atoms with Gasteiger partial charge in [-0.15, -0.1) is 10.2 Å². The Bertz CT molecular complexity index is 1330. The minimum absolute atomic E-state index is 0.0741. The van der Waals surface area contributed by atoms with Crippen LogP contribution in [0.4, 0.5) is 0 Å². The van der Waals surface area contributed by atoms with Crippen molar-refractivity contribution >= 4 is 33.0 Å². The van der Waals surface area contributed by atoms with Crippen molar-refractivity contribution in [2.75, 3.05) is 0 Å². The van der Waals surface area contributed by atoms with Crippen LogP contribution in [0, 0.1) is 6.92 Å². The molecular weight excluding hydrogens is 382 g/mol. The molecule has 6 nitrogen and oxygen atoms in total. The van der Waals surface area contributed by atoms with E-state index in [-0.39, 0.29) is 5.91 Å². The molecule has 0 radical (unpaired) electrons. The standard InChI is InChI=1S/C22H17N5OS/c1-14-24-25-22-27(14)26-21(29-22)17-11-9-15(10-12-17)13-23-20(28)19-8-4-6-16-5-2-3-7-18(16)19/h2-12H,13H2,1H3,(H,23,28). The van der Waals surface area contributed by atoms with Crippen molar-refractivity contribution in [2.45, 2.75) is 13.5 Å². The van der Waals surface area contributed by atoms with Gasteiger partial charge in [0.25, 0.3) is 5.91 Å². The second-order valence-electron chi connectivity index (χ2n) is 6.76. The van der Waals surface area contributed by atoms with E-state index in [0.29, 0.717) is 12.1 Å².